The highest BCUT2D eigenvalue weighted by Gasteiger charge is 2.21. The molecule has 124 valence electrons. The first kappa shape index (κ1) is 15.8. The number of carbonyl (C=O) groups is 2. The smallest absolute Gasteiger partial charge is 0.262 e. The molecule has 0 saturated carbocycles. The molecule has 24 heavy (non-hydrogen) atoms. The van der Waals surface area contributed by atoms with Gasteiger partial charge in [-0.1, -0.05) is 18.2 Å². The first-order chi connectivity index (χ1) is 11.5. The molecule has 2 N–H and O–H groups in total. The van der Waals surface area contributed by atoms with Crippen LogP contribution in [-0.2, 0) is 9.59 Å². The minimum absolute atomic E-state index is 0.142. The van der Waals surface area contributed by atoms with Crippen LogP contribution < -0.4 is 20.1 Å². The minimum Gasteiger partial charge on any atom is -0.483 e. The van der Waals surface area contributed by atoms with Gasteiger partial charge in [0.15, 0.2) is 19.0 Å². The molecule has 0 bridgehead atoms. The Balaban J connectivity index is 1.71. The van der Waals surface area contributed by atoms with Gasteiger partial charge in [0.1, 0.15) is 11.6 Å². The maximum absolute atomic E-state index is 13.6. The van der Waals surface area contributed by atoms with E-state index in [-0.39, 0.29) is 36.2 Å². The average molecular weight is 330 g/mol. The van der Waals surface area contributed by atoms with E-state index in [1.807, 2.05) is 19.1 Å². The number of fused-ring (bicyclic) bond motifs is 1. The number of carbonyl (C=O) groups excluding carboxylic acids is 2. The third kappa shape index (κ3) is 3.45. The van der Waals surface area contributed by atoms with Crippen LogP contribution in [0.3, 0.4) is 0 Å². The maximum atomic E-state index is 13.6. The third-order valence-electron chi connectivity index (χ3n) is 3.40. The van der Waals surface area contributed by atoms with E-state index in [0.717, 1.165) is 17.7 Å². The second kappa shape index (κ2) is 6.57. The van der Waals surface area contributed by atoms with Crippen molar-refractivity contribution in [3.05, 3.63) is 47.8 Å². The third-order valence-corrected chi connectivity index (χ3v) is 3.40. The first-order valence-electron chi connectivity index (χ1n) is 7.27. The number of aryl methyl sites for hydroxylation is 1. The summed E-state index contributed by atoms with van der Waals surface area (Å²) in [7, 11) is 0. The normalized spacial score (nSPS) is 12.7. The summed E-state index contributed by atoms with van der Waals surface area (Å²) in [6.45, 7) is 1.44. The lowest BCUT2D eigenvalue weighted by molar-refractivity contribution is -0.118. The Morgan fingerprint density at radius 3 is 2.96 bits per heavy atom. The predicted octanol–water partition coefficient (Wildman–Crippen LogP) is 2.48. The molecule has 2 amide bonds. The van der Waals surface area contributed by atoms with Gasteiger partial charge >= 0.3 is 0 Å². The maximum Gasteiger partial charge on any atom is 0.262 e. The van der Waals surface area contributed by atoms with Crippen molar-refractivity contribution in [1.29, 1.82) is 0 Å². The molecule has 1 aliphatic heterocycles. The van der Waals surface area contributed by atoms with Crippen LogP contribution in [0.1, 0.15) is 5.56 Å². The molecule has 3 rings (SSSR count). The summed E-state index contributed by atoms with van der Waals surface area (Å²) >= 11 is 0. The number of halogens is 1. The van der Waals surface area contributed by atoms with Gasteiger partial charge in [-0.05, 0) is 18.6 Å². The summed E-state index contributed by atoms with van der Waals surface area (Å²) in [4.78, 5) is 23.4. The second-order valence-corrected chi connectivity index (χ2v) is 5.27. The van der Waals surface area contributed by atoms with Crippen LogP contribution in [0.4, 0.5) is 15.8 Å². The van der Waals surface area contributed by atoms with Gasteiger partial charge in [0.25, 0.3) is 11.8 Å². The molecule has 2 aromatic carbocycles. The number of nitrogens with one attached hydrogen (secondary N) is 2. The van der Waals surface area contributed by atoms with Crippen molar-refractivity contribution in [3.8, 4) is 11.5 Å². The molecule has 0 spiro atoms. The summed E-state index contributed by atoms with van der Waals surface area (Å²) in [5.41, 5.74) is 1.23. The molecular weight excluding hydrogens is 315 g/mol. The van der Waals surface area contributed by atoms with Gasteiger partial charge in [0, 0.05) is 12.1 Å². The van der Waals surface area contributed by atoms with Gasteiger partial charge in [-0.3, -0.25) is 9.59 Å². The van der Waals surface area contributed by atoms with Crippen molar-refractivity contribution in [1.82, 2.24) is 0 Å². The molecule has 6 nitrogen and oxygen atoms in total. The molecule has 0 atom stereocenters. The molecular formula is C17H15FN2O4. The average Bonchev–Trinajstić information content (AvgIpc) is 2.53. The van der Waals surface area contributed by atoms with E-state index < -0.39 is 11.7 Å². The zero-order valence-corrected chi connectivity index (χ0v) is 12.9. The zero-order chi connectivity index (χ0) is 17.1. The van der Waals surface area contributed by atoms with E-state index >= 15 is 0 Å². The highest BCUT2D eigenvalue weighted by atomic mass is 19.1. The van der Waals surface area contributed by atoms with Crippen molar-refractivity contribution in [2.75, 3.05) is 23.8 Å². The Morgan fingerprint density at radius 2 is 2.17 bits per heavy atom. The Kier molecular flexibility index (Phi) is 4.33. The Morgan fingerprint density at radius 1 is 1.38 bits per heavy atom. The number of para-hydroxylation sites is 1. The van der Waals surface area contributed by atoms with Gasteiger partial charge in [-0.25, -0.2) is 4.39 Å². The molecule has 1 aliphatic rings. The summed E-state index contributed by atoms with van der Waals surface area (Å²) in [5, 5.41) is 5.03. The van der Waals surface area contributed by atoms with E-state index in [1.54, 1.807) is 12.1 Å². The van der Waals surface area contributed by atoms with Gasteiger partial charge in [-0.15, -0.1) is 0 Å². The Hall–Kier alpha value is -3.09. The molecule has 0 aliphatic carbocycles. The van der Waals surface area contributed by atoms with Gasteiger partial charge in [0.05, 0.1) is 11.4 Å². The number of benzene rings is 2. The summed E-state index contributed by atoms with van der Waals surface area (Å²) in [6.07, 6.45) is 0. The SMILES string of the molecule is Cc1ccccc1OCC(=O)Nc1cc(F)cc2c1OCC(=O)N2. The fraction of sp³-hybridized carbons (Fsp3) is 0.176. The number of hydrogen-bond donors (Lipinski definition) is 2. The highest BCUT2D eigenvalue weighted by Crippen LogP contribution is 2.36. The van der Waals surface area contributed by atoms with Crippen molar-refractivity contribution in [2.45, 2.75) is 6.92 Å². The molecule has 0 fully saturated rings. The van der Waals surface area contributed by atoms with Crippen LogP contribution in [0.2, 0.25) is 0 Å². The van der Waals surface area contributed by atoms with Gasteiger partial charge in [0.2, 0.25) is 0 Å². The van der Waals surface area contributed by atoms with E-state index in [2.05, 4.69) is 10.6 Å². The van der Waals surface area contributed by atoms with Gasteiger partial charge in [-0.2, -0.15) is 0 Å². The van der Waals surface area contributed by atoms with Crippen molar-refractivity contribution >= 4 is 23.2 Å². The molecule has 0 aromatic heterocycles. The molecule has 0 saturated heterocycles. The second-order valence-electron chi connectivity index (χ2n) is 5.27. The lowest BCUT2D eigenvalue weighted by Crippen LogP contribution is -2.27. The van der Waals surface area contributed by atoms with E-state index in [1.165, 1.54) is 0 Å². The molecule has 1 heterocycles. The fourth-order valence-corrected chi connectivity index (χ4v) is 2.31. The summed E-state index contributed by atoms with van der Waals surface area (Å²) < 4.78 is 24.4. The quantitative estimate of drug-likeness (QED) is 0.903. The molecule has 2 aromatic rings. The largest absolute Gasteiger partial charge is 0.483 e. The fourth-order valence-electron chi connectivity index (χ4n) is 2.31. The molecule has 0 unspecified atom stereocenters. The van der Waals surface area contributed by atoms with Crippen LogP contribution in [0, 0.1) is 12.7 Å². The standard InChI is InChI=1S/C17H15FN2O4/c1-10-4-2-3-5-14(10)23-8-15(21)19-12-6-11(18)7-13-17(12)24-9-16(22)20-13/h2-7H,8-9H2,1H3,(H,19,21)(H,20,22). The summed E-state index contributed by atoms with van der Waals surface area (Å²) in [6, 6.07) is 9.55. The lowest BCUT2D eigenvalue weighted by Gasteiger charge is -2.21. The van der Waals surface area contributed by atoms with Crippen LogP contribution in [0.25, 0.3) is 0 Å². The molecule has 7 heteroatoms. The number of hydrogen-bond acceptors (Lipinski definition) is 4. The number of rotatable bonds is 4. The van der Waals surface area contributed by atoms with Crippen molar-refractivity contribution in [3.63, 3.8) is 0 Å². The Labute approximate surface area is 137 Å². The highest BCUT2D eigenvalue weighted by molar-refractivity contribution is 6.00. The monoisotopic (exact) mass is 330 g/mol. The minimum atomic E-state index is -0.602. The number of amides is 2. The zero-order valence-electron chi connectivity index (χ0n) is 12.9. The van der Waals surface area contributed by atoms with E-state index in [9.17, 15) is 14.0 Å². The van der Waals surface area contributed by atoms with E-state index in [4.69, 9.17) is 9.47 Å². The first-order valence-corrected chi connectivity index (χ1v) is 7.27. The molecule has 0 radical (unpaired) electrons. The number of anilines is 2. The van der Waals surface area contributed by atoms with Crippen molar-refractivity contribution in [2.24, 2.45) is 0 Å². The van der Waals surface area contributed by atoms with Gasteiger partial charge < -0.3 is 20.1 Å². The van der Waals surface area contributed by atoms with Crippen LogP contribution in [0.15, 0.2) is 36.4 Å². The van der Waals surface area contributed by atoms with Crippen molar-refractivity contribution < 1.29 is 23.5 Å². The number of ether oxygens (including phenoxy) is 2. The van der Waals surface area contributed by atoms with Crippen LogP contribution in [0.5, 0.6) is 11.5 Å². The lowest BCUT2D eigenvalue weighted by atomic mass is 10.2. The van der Waals surface area contributed by atoms with E-state index in [0.29, 0.717) is 5.75 Å². The van der Waals surface area contributed by atoms with Crippen LogP contribution >= 0.6 is 0 Å². The predicted molar refractivity (Wildman–Crippen MR) is 85.8 cm³/mol. The van der Waals surface area contributed by atoms with Crippen LogP contribution in [-0.4, -0.2) is 25.0 Å². The topological polar surface area (TPSA) is 76.7 Å². The Bertz CT molecular complexity index is 807. The summed E-state index contributed by atoms with van der Waals surface area (Å²) in [5.74, 6) is -0.632.